The number of nitrogens with two attached hydrogens (primary N) is 2. The minimum absolute atomic E-state index is 0.0553. The maximum Gasteiger partial charge on any atom is 0.346 e. The van der Waals surface area contributed by atoms with E-state index in [0.717, 1.165) is 7.11 Å². The van der Waals surface area contributed by atoms with Crippen LogP contribution in [0.2, 0.25) is 0 Å². The maximum absolute atomic E-state index is 11.3. The van der Waals surface area contributed by atoms with E-state index in [4.69, 9.17) is 16.9 Å². The van der Waals surface area contributed by atoms with Crippen molar-refractivity contribution < 1.29 is 14.5 Å². The predicted octanol–water partition coefficient (Wildman–Crippen LogP) is -1.65. The molecular formula is C7H15N5O4. The average Bonchev–Trinajstić information content (AvgIpc) is 2.14. The molecule has 0 aromatic heterocycles. The lowest BCUT2D eigenvalue weighted by atomic mass is 10.1. The summed E-state index contributed by atoms with van der Waals surface area (Å²) in [6.45, 7) is -0.324. The number of rotatable bonds is 6. The highest BCUT2D eigenvalue weighted by Gasteiger charge is 2.35. The molecule has 0 aliphatic rings. The highest BCUT2D eigenvalue weighted by molar-refractivity contribution is 5.86. The topological polar surface area (TPSA) is 157 Å². The van der Waals surface area contributed by atoms with Gasteiger partial charge in [0.1, 0.15) is 0 Å². The number of nitrogens with one attached hydrogen (secondary N) is 2. The summed E-state index contributed by atoms with van der Waals surface area (Å²) in [6.07, 6.45) is 0.0130. The molecule has 0 spiro atoms. The SMILES string of the molecule is COC(=O)C(N)(CCC[N+](=O)[O-])NC(=N)N. The Morgan fingerprint density at radius 1 is 1.69 bits per heavy atom. The lowest BCUT2D eigenvalue weighted by Gasteiger charge is -2.27. The van der Waals surface area contributed by atoms with E-state index in [1.165, 1.54) is 0 Å². The third kappa shape index (κ3) is 4.55. The van der Waals surface area contributed by atoms with Crippen LogP contribution in [0.5, 0.6) is 0 Å². The average molecular weight is 233 g/mol. The highest BCUT2D eigenvalue weighted by Crippen LogP contribution is 2.08. The summed E-state index contributed by atoms with van der Waals surface area (Å²) in [4.78, 5) is 20.9. The molecule has 6 N–H and O–H groups in total. The van der Waals surface area contributed by atoms with Crippen LogP contribution in [0.25, 0.3) is 0 Å². The molecule has 0 aromatic rings. The quantitative estimate of drug-likeness (QED) is 0.107. The largest absolute Gasteiger partial charge is 0.466 e. The minimum atomic E-state index is -1.70. The second-order valence-corrected chi connectivity index (χ2v) is 3.16. The lowest BCUT2D eigenvalue weighted by Crippen LogP contribution is -2.63. The Morgan fingerprint density at radius 3 is 2.62 bits per heavy atom. The second-order valence-electron chi connectivity index (χ2n) is 3.16. The first-order valence-electron chi connectivity index (χ1n) is 4.43. The summed E-state index contributed by atoms with van der Waals surface area (Å²) in [5.41, 5.74) is 8.97. The predicted molar refractivity (Wildman–Crippen MR) is 55.1 cm³/mol. The molecule has 0 amide bonds. The van der Waals surface area contributed by atoms with Crippen molar-refractivity contribution >= 4 is 11.9 Å². The van der Waals surface area contributed by atoms with Crippen molar-refractivity contribution in [3.8, 4) is 0 Å². The maximum atomic E-state index is 11.3. The molecule has 16 heavy (non-hydrogen) atoms. The summed E-state index contributed by atoms with van der Waals surface area (Å²) >= 11 is 0. The first kappa shape index (κ1) is 14.1. The van der Waals surface area contributed by atoms with E-state index < -0.39 is 22.5 Å². The molecule has 0 heterocycles. The van der Waals surface area contributed by atoms with Crippen LogP contribution in [0.4, 0.5) is 0 Å². The Morgan fingerprint density at radius 2 is 2.25 bits per heavy atom. The van der Waals surface area contributed by atoms with Gasteiger partial charge in [-0.2, -0.15) is 0 Å². The smallest absolute Gasteiger partial charge is 0.346 e. The first-order valence-corrected chi connectivity index (χ1v) is 4.43. The number of esters is 1. The van der Waals surface area contributed by atoms with Gasteiger partial charge in [-0.05, 0) is 0 Å². The number of hydrogen-bond donors (Lipinski definition) is 4. The Labute approximate surface area is 91.8 Å². The van der Waals surface area contributed by atoms with Gasteiger partial charge in [0, 0.05) is 17.8 Å². The molecular weight excluding hydrogens is 218 g/mol. The van der Waals surface area contributed by atoms with E-state index in [2.05, 4.69) is 10.1 Å². The standard InChI is InChI=1S/C7H15N5O4/c1-16-5(13)7(10,11-6(8)9)3-2-4-12(14)15/h2-4,10H2,1H3,(H4,8,9,11). The molecule has 0 radical (unpaired) electrons. The Balaban J connectivity index is 4.47. The highest BCUT2D eigenvalue weighted by atomic mass is 16.6. The summed E-state index contributed by atoms with van der Waals surface area (Å²) in [5, 5.41) is 19.3. The number of carbonyl (C=O) groups is 1. The van der Waals surface area contributed by atoms with Crippen LogP contribution in [-0.4, -0.2) is 36.2 Å². The van der Waals surface area contributed by atoms with Gasteiger partial charge in [-0.15, -0.1) is 0 Å². The third-order valence-corrected chi connectivity index (χ3v) is 1.82. The fraction of sp³-hybridized carbons (Fsp3) is 0.714. The zero-order valence-corrected chi connectivity index (χ0v) is 8.86. The summed E-state index contributed by atoms with van der Waals surface area (Å²) in [5.74, 6) is -1.33. The monoisotopic (exact) mass is 233 g/mol. The zero-order valence-electron chi connectivity index (χ0n) is 8.86. The van der Waals surface area contributed by atoms with Gasteiger partial charge in [0.25, 0.3) is 0 Å². The number of methoxy groups -OCH3 is 1. The second kappa shape index (κ2) is 5.85. The summed E-state index contributed by atoms with van der Waals surface area (Å²) in [6, 6.07) is 0. The van der Waals surface area contributed by atoms with Gasteiger partial charge in [0.2, 0.25) is 6.54 Å². The Bertz CT molecular complexity index is 295. The number of nitrogens with zero attached hydrogens (tertiary/aromatic N) is 1. The number of guanidine groups is 1. The van der Waals surface area contributed by atoms with Crippen molar-refractivity contribution in [2.24, 2.45) is 11.5 Å². The number of ether oxygens (including phenoxy) is 1. The molecule has 1 atom stereocenters. The van der Waals surface area contributed by atoms with Gasteiger partial charge in [-0.3, -0.25) is 21.3 Å². The molecule has 0 fully saturated rings. The molecule has 0 aromatic carbocycles. The van der Waals surface area contributed by atoms with Gasteiger partial charge in [0.05, 0.1) is 7.11 Å². The zero-order chi connectivity index (χ0) is 12.8. The Kier molecular flexibility index (Phi) is 5.16. The molecule has 9 nitrogen and oxygen atoms in total. The molecule has 9 heteroatoms. The molecule has 92 valence electrons. The molecule has 0 bridgehead atoms. The van der Waals surface area contributed by atoms with Crippen LogP contribution in [-0.2, 0) is 9.53 Å². The molecule has 1 unspecified atom stereocenters. The van der Waals surface area contributed by atoms with Crippen molar-refractivity contribution in [1.29, 1.82) is 5.41 Å². The van der Waals surface area contributed by atoms with Crippen molar-refractivity contribution in [1.82, 2.24) is 5.32 Å². The van der Waals surface area contributed by atoms with Gasteiger partial charge in [-0.1, -0.05) is 0 Å². The van der Waals surface area contributed by atoms with E-state index in [0.29, 0.717) is 0 Å². The van der Waals surface area contributed by atoms with Gasteiger partial charge >= 0.3 is 5.97 Å². The van der Waals surface area contributed by atoms with Crippen molar-refractivity contribution in [2.45, 2.75) is 18.5 Å². The lowest BCUT2D eigenvalue weighted by molar-refractivity contribution is -0.480. The number of hydrogen-bond acceptors (Lipinski definition) is 6. The van der Waals surface area contributed by atoms with Gasteiger partial charge in [0.15, 0.2) is 11.6 Å². The van der Waals surface area contributed by atoms with E-state index in [1.807, 2.05) is 0 Å². The molecule has 0 rings (SSSR count). The summed E-state index contributed by atoms with van der Waals surface area (Å²) < 4.78 is 4.43. The van der Waals surface area contributed by atoms with Gasteiger partial charge < -0.3 is 15.8 Å². The Hall–Kier alpha value is -1.90. The van der Waals surface area contributed by atoms with E-state index >= 15 is 0 Å². The van der Waals surface area contributed by atoms with Crippen LogP contribution in [0, 0.1) is 15.5 Å². The first-order chi connectivity index (χ1) is 7.31. The summed E-state index contributed by atoms with van der Waals surface area (Å²) in [7, 11) is 1.12. The van der Waals surface area contributed by atoms with E-state index in [1.54, 1.807) is 0 Å². The third-order valence-electron chi connectivity index (χ3n) is 1.82. The van der Waals surface area contributed by atoms with E-state index in [-0.39, 0.29) is 19.4 Å². The molecule has 0 saturated carbocycles. The fourth-order valence-electron chi connectivity index (χ4n) is 1.13. The van der Waals surface area contributed by atoms with Crippen LogP contribution in [0.1, 0.15) is 12.8 Å². The normalized spacial score (nSPS) is 13.6. The molecule has 0 aliphatic heterocycles. The molecule has 0 saturated heterocycles. The van der Waals surface area contributed by atoms with Crippen molar-refractivity contribution in [2.75, 3.05) is 13.7 Å². The number of nitro groups is 1. The molecule has 0 aliphatic carbocycles. The van der Waals surface area contributed by atoms with Crippen molar-refractivity contribution in [3.05, 3.63) is 10.1 Å². The van der Waals surface area contributed by atoms with Crippen molar-refractivity contribution in [3.63, 3.8) is 0 Å². The minimum Gasteiger partial charge on any atom is -0.466 e. The van der Waals surface area contributed by atoms with Crippen LogP contribution in [0.3, 0.4) is 0 Å². The van der Waals surface area contributed by atoms with Crippen LogP contribution >= 0.6 is 0 Å². The van der Waals surface area contributed by atoms with Crippen LogP contribution in [0.15, 0.2) is 0 Å². The van der Waals surface area contributed by atoms with Crippen LogP contribution < -0.4 is 16.8 Å². The number of carbonyl (C=O) groups excluding carboxylic acids is 1. The van der Waals surface area contributed by atoms with E-state index in [9.17, 15) is 14.9 Å². The van der Waals surface area contributed by atoms with Gasteiger partial charge in [-0.25, -0.2) is 4.79 Å². The fourth-order valence-corrected chi connectivity index (χ4v) is 1.13.